The van der Waals surface area contributed by atoms with Gasteiger partial charge in [0.25, 0.3) is 0 Å². The molecule has 1 aliphatic rings. The molecule has 1 aromatic rings. The van der Waals surface area contributed by atoms with E-state index < -0.39 is 29.3 Å². The maximum Gasteiger partial charge on any atom is 0.408 e. The Kier molecular flexibility index (Phi) is 8.85. The van der Waals surface area contributed by atoms with Gasteiger partial charge in [-0.2, -0.15) is 12.6 Å². The lowest BCUT2D eigenvalue weighted by molar-refractivity contribution is -0.147. The SMILES string of the molecule is Cc1ccccc1C(C(=O)NC(C)(C)C)N(C(=O)C(CS)NC(=O)OC(C)(C)C)C1CCC1. The number of nitrogens with one attached hydrogen (secondary N) is 2. The first-order valence-corrected chi connectivity index (χ1v) is 12.2. The summed E-state index contributed by atoms with van der Waals surface area (Å²) in [6, 6.07) is 5.79. The molecule has 0 aromatic heterocycles. The zero-order valence-electron chi connectivity index (χ0n) is 20.9. The average Bonchev–Trinajstić information content (AvgIpc) is 2.62. The lowest BCUT2D eigenvalue weighted by Crippen LogP contribution is -2.59. The third kappa shape index (κ3) is 7.66. The minimum Gasteiger partial charge on any atom is -0.444 e. The van der Waals surface area contributed by atoms with Crippen LogP contribution in [0.15, 0.2) is 24.3 Å². The fourth-order valence-electron chi connectivity index (χ4n) is 3.75. The molecule has 7 nitrogen and oxygen atoms in total. The maximum absolute atomic E-state index is 13.8. The van der Waals surface area contributed by atoms with Crippen molar-refractivity contribution in [3.8, 4) is 0 Å². The Balaban J connectivity index is 2.45. The Morgan fingerprint density at radius 1 is 1.12 bits per heavy atom. The van der Waals surface area contributed by atoms with Crippen LogP contribution in [0, 0.1) is 6.92 Å². The number of thiol groups is 1. The monoisotopic (exact) mass is 477 g/mol. The van der Waals surface area contributed by atoms with E-state index in [1.54, 1.807) is 25.7 Å². The molecule has 1 aliphatic carbocycles. The summed E-state index contributed by atoms with van der Waals surface area (Å²) in [4.78, 5) is 41.5. The summed E-state index contributed by atoms with van der Waals surface area (Å²) in [5, 5.41) is 5.70. The minimum absolute atomic E-state index is 0.0860. The largest absolute Gasteiger partial charge is 0.444 e. The Labute approximate surface area is 203 Å². The zero-order valence-corrected chi connectivity index (χ0v) is 21.8. The van der Waals surface area contributed by atoms with E-state index in [2.05, 4.69) is 23.3 Å². The predicted octanol–water partition coefficient (Wildman–Crippen LogP) is 4.16. The third-order valence-corrected chi connectivity index (χ3v) is 5.77. The number of amides is 3. The van der Waals surface area contributed by atoms with Gasteiger partial charge < -0.3 is 20.3 Å². The van der Waals surface area contributed by atoms with E-state index >= 15 is 0 Å². The van der Waals surface area contributed by atoms with Crippen LogP contribution >= 0.6 is 12.6 Å². The van der Waals surface area contributed by atoms with Gasteiger partial charge in [0.05, 0.1) is 0 Å². The Hall–Kier alpha value is -2.22. The highest BCUT2D eigenvalue weighted by Crippen LogP contribution is 2.35. The molecule has 0 saturated heterocycles. The quantitative estimate of drug-likeness (QED) is 0.515. The molecule has 0 heterocycles. The Morgan fingerprint density at radius 2 is 1.73 bits per heavy atom. The van der Waals surface area contributed by atoms with E-state index in [1.165, 1.54) is 0 Å². The molecule has 2 atom stereocenters. The highest BCUT2D eigenvalue weighted by molar-refractivity contribution is 7.80. The molecule has 184 valence electrons. The summed E-state index contributed by atoms with van der Waals surface area (Å²) in [5.74, 6) is -0.493. The molecule has 0 aliphatic heterocycles. The summed E-state index contributed by atoms with van der Waals surface area (Å²) in [7, 11) is 0. The molecular formula is C25H39N3O4S. The molecule has 1 fully saturated rings. The van der Waals surface area contributed by atoms with Gasteiger partial charge in [-0.1, -0.05) is 24.3 Å². The highest BCUT2D eigenvalue weighted by atomic mass is 32.1. The number of nitrogens with zero attached hydrogens (tertiary/aromatic N) is 1. The summed E-state index contributed by atoms with van der Waals surface area (Å²) >= 11 is 4.33. The molecule has 1 saturated carbocycles. The van der Waals surface area contributed by atoms with Gasteiger partial charge >= 0.3 is 6.09 Å². The zero-order chi connectivity index (χ0) is 25.0. The summed E-state index contributed by atoms with van der Waals surface area (Å²) in [6.45, 7) is 13.0. The molecule has 8 heteroatoms. The van der Waals surface area contributed by atoms with Crippen molar-refractivity contribution >= 4 is 30.5 Å². The average molecular weight is 478 g/mol. The molecule has 2 rings (SSSR count). The van der Waals surface area contributed by atoms with Gasteiger partial charge in [0, 0.05) is 17.3 Å². The summed E-state index contributed by atoms with van der Waals surface area (Å²) < 4.78 is 5.34. The van der Waals surface area contributed by atoms with Crippen molar-refractivity contribution in [3.05, 3.63) is 35.4 Å². The second-order valence-corrected chi connectivity index (χ2v) is 11.1. The van der Waals surface area contributed by atoms with Crippen LogP contribution in [0.5, 0.6) is 0 Å². The number of benzene rings is 1. The standard InChI is InChI=1S/C25H39N3O4S/c1-16-11-8-9-14-18(16)20(21(29)27-24(2,3)4)28(17-12-10-13-17)22(30)19(15-33)26-23(31)32-25(5,6)7/h8-9,11,14,17,19-20,33H,10,12-13,15H2,1-7H3,(H,26,31)(H,27,29). The van der Waals surface area contributed by atoms with Crippen LogP contribution in [0.4, 0.5) is 4.79 Å². The molecule has 1 aromatic carbocycles. The van der Waals surface area contributed by atoms with Crippen molar-refractivity contribution < 1.29 is 19.1 Å². The summed E-state index contributed by atoms with van der Waals surface area (Å²) in [6.07, 6.45) is 1.92. The number of hydrogen-bond acceptors (Lipinski definition) is 5. The van der Waals surface area contributed by atoms with E-state index in [1.807, 2.05) is 52.0 Å². The van der Waals surface area contributed by atoms with Crippen LogP contribution in [0.3, 0.4) is 0 Å². The lowest BCUT2D eigenvalue weighted by atomic mass is 9.87. The van der Waals surface area contributed by atoms with Gasteiger partial charge in [-0.3, -0.25) is 9.59 Å². The molecule has 2 unspecified atom stereocenters. The minimum atomic E-state index is -0.919. The van der Waals surface area contributed by atoms with Crippen molar-refractivity contribution in [3.63, 3.8) is 0 Å². The van der Waals surface area contributed by atoms with Crippen LogP contribution in [0.2, 0.25) is 0 Å². The van der Waals surface area contributed by atoms with Crippen LogP contribution in [0.1, 0.15) is 78.0 Å². The van der Waals surface area contributed by atoms with Gasteiger partial charge in [0.1, 0.15) is 17.7 Å². The van der Waals surface area contributed by atoms with Crippen LogP contribution in [0.25, 0.3) is 0 Å². The van der Waals surface area contributed by atoms with Crippen LogP contribution < -0.4 is 10.6 Å². The number of hydrogen-bond donors (Lipinski definition) is 3. The third-order valence-electron chi connectivity index (χ3n) is 5.40. The van der Waals surface area contributed by atoms with Gasteiger partial charge in [0.2, 0.25) is 11.8 Å². The summed E-state index contributed by atoms with van der Waals surface area (Å²) in [5.41, 5.74) is 0.531. The maximum atomic E-state index is 13.8. The highest BCUT2D eigenvalue weighted by Gasteiger charge is 2.42. The number of carbonyl (C=O) groups excluding carboxylic acids is 3. The van der Waals surface area contributed by atoms with Crippen molar-refractivity contribution in [2.24, 2.45) is 0 Å². The number of carbonyl (C=O) groups is 3. The van der Waals surface area contributed by atoms with Crippen molar-refractivity contribution in [1.29, 1.82) is 0 Å². The second kappa shape index (κ2) is 10.8. The van der Waals surface area contributed by atoms with E-state index in [9.17, 15) is 14.4 Å². The van der Waals surface area contributed by atoms with Gasteiger partial charge in [-0.15, -0.1) is 0 Å². The van der Waals surface area contributed by atoms with E-state index in [0.717, 1.165) is 30.4 Å². The molecule has 0 radical (unpaired) electrons. The normalized spacial score (nSPS) is 16.2. The van der Waals surface area contributed by atoms with Crippen LogP contribution in [-0.4, -0.2) is 51.8 Å². The number of alkyl carbamates (subject to hydrolysis) is 1. The fourth-order valence-corrected chi connectivity index (χ4v) is 3.99. The number of aryl methyl sites for hydroxylation is 1. The topological polar surface area (TPSA) is 87.7 Å². The predicted molar refractivity (Wildman–Crippen MR) is 133 cm³/mol. The Bertz CT molecular complexity index is 856. The van der Waals surface area contributed by atoms with Crippen molar-refractivity contribution in [2.75, 3.05) is 5.75 Å². The lowest BCUT2D eigenvalue weighted by Gasteiger charge is -2.44. The number of ether oxygens (including phenoxy) is 1. The second-order valence-electron chi connectivity index (χ2n) is 10.7. The molecule has 33 heavy (non-hydrogen) atoms. The smallest absolute Gasteiger partial charge is 0.408 e. The molecule has 0 bridgehead atoms. The van der Waals surface area contributed by atoms with Gasteiger partial charge in [0.15, 0.2) is 0 Å². The molecule has 3 amide bonds. The first-order valence-electron chi connectivity index (χ1n) is 11.5. The fraction of sp³-hybridized carbons (Fsp3) is 0.640. The van der Waals surface area contributed by atoms with E-state index in [-0.39, 0.29) is 23.6 Å². The first-order chi connectivity index (χ1) is 15.2. The van der Waals surface area contributed by atoms with Gasteiger partial charge in [-0.05, 0) is 78.9 Å². The Morgan fingerprint density at radius 3 is 2.18 bits per heavy atom. The van der Waals surface area contributed by atoms with E-state index in [0.29, 0.717) is 0 Å². The van der Waals surface area contributed by atoms with Crippen molar-refractivity contribution in [2.45, 2.75) is 97.0 Å². The van der Waals surface area contributed by atoms with Gasteiger partial charge in [-0.25, -0.2) is 4.79 Å². The molecule has 0 spiro atoms. The van der Waals surface area contributed by atoms with E-state index in [4.69, 9.17) is 4.74 Å². The van der Waals surface area contributed by atoms with Crippen molar-refractivity contribution in [1.82, 2.24) is 15.5 Å². The molecule has 2 N–H and O–H groups in total. The number of rotatable bonds is 7. The van der Waals surface area contributed by atoms with Crippen LogP contribution in [-0.2, 0) is 14.3 Å². The first kappa shape index (κ1) is 27.0. The molecular weight excluding hydrogens is 438 g/mol.